The molecule has 6 heteroatoms. The first kappa shape index (κ1) is 18.2. The number of hydrogen-bond acceptors (Lipinski definition) is 4. The number of aromatic nitrogens is 2. The molecule has 4 heterocycles. The maximum Gasteiger partial charge on any atom is 0.225 e. The molecule has 0 aromatic carbocycles. The second-order valence-corrected chi connectivity index (χ2v) is 7.75. The van der Waals surface area contributed by atoms with Gasteiger partial charge in [-0.2, -0.15) is 0 Å². The monoisotopic (exact) mass is 368 g/mol. The highest BCUT2D eigenvalue weighted by atomic mass is 16.5. The number of carbonyl (C=O) groups excluding carboxylic acids is 1. The summed E-state index contributed by atoms with van der Waals surface area (Å²) in [5, 5.41) is 3.17. The number of pyridine rings is 1. The van der Waals surface area contributed by atoms with Crippen LogP contribution in [0.15, 0.2) is 42.7 Å². The van der Waals surface area contributed by atoms with Crippen LogP contribution in [-0.4, -0.2) is 53.6 Å². The van der Waals surface area contributed by atoms with Crippen molar-refractivity contribution in [3.8, 4) is 0 Å². The molecular formula is C21H28N4O2. The molecule has 2 aliphatic heterocycles. The normalized spacial score (nSPS) is 22.1. The second-order valence-electron chi connectivity index (χ2n) is 7.75. The van der Waals surface area contributed by atoms with Crippen LogP contribution in [0.2, 0.25) is 0 Å². The highest BCUT2D eigenvalue weighted by Gasteiger charge is 2.50. The van der Waals surface area contributed by atoms with Gasteiger partial charge in [0.05, 0.1) is 5.92 Å². The van der Waals surface area contributed by atoms with Gasteiger partial charge in [0.25, 0.3) is 0 Å². The molecule has 2 saturated heterocycles. The van der Waals surface area contributed by atoms with Gasteiger partial charge in [0.15, 0.2) is 0 Å². The summed E-state index contributed by atoms with van der Waals surface area (Å²) in [6.45, 7) is 4.80. The smallest absolute Gasteiger partial charge is 0.225 e. The lowest BCUT2D eigenvalue weighted by molar-refractivity contribution is -0.129. The van der Waals surface area contributed by atoms with E-state index in [2.05, 4.69) is 26.3 Å². The fraction of sp³-hybridized carbons (Fsp3) is 0.524. The third-order valence-corrected chi connectivity index (χ3v) is 5.99. The highest BCUT2D eigenvalue weighted by molar-refractivity contribution is 5.80. The Balaban J connectivity index is 1.39. The number of carbonyl (C=O) groups is 1. The van der Waals surface area contributed by atoms with Gasteiger partial charge in [-0.05, 0) is 37.1 Å². The van der Waals surface area contributed by atoms with Gasteiger partial charge in [0, 0.05) is 75.0 Å². The van der Waals surface area contributed by atoms with Crippen LogP contribution >= 0.6 is 0 Å². The molecule has 0 bridgehead atoms. The molecule has 2 aliphatic rings. The van der Waals surface area contributed by atoms with Crippen molar-refractivity contribution in [2.24, 2.45) is 11.3 Å². The van der Waals surface area contributed by atoms with E-state index in [1.807, 2.05) is 30.5 Å². The van der Waals surface area contributed by atoms with E-state index in [4.69, 9.17) is 4.74 Å². The molecule has 1 atom stereocenters. The van der Waals surface area contributed by atoms with Crippen LogP contribution in [0.1, 0.15) is 24.2 Å². The van der Waals surface area contributed by atoms with Crippen molar-refractivity contribution in [2.45, 2.75) is 25.8 Å². The summed E-state index contributed by atoms with van der Waals surface area (Å²) < 4.78 is 5.60. The fourth-order valence-corrected chi connectivity index (χ4v) is 4.53. The largest absolute Gasteiger partial charge is 0.381 e. The van der Waals surface area contributed by atoms with Crippen molar-refractivity contribution < 1.29 is 9.53 Å². The predicted octanol–water partition coefficient (Wildman–Crippen LogP) is 2.00. The average Bonchev–Trinajstić information content (AvgIpc) is 3.32. The molecule has 0 aliphatic carbocycles. The number of likely N-dealkylation sites (tertiary alicyclic amines) is 1. The van der Waals surface area contributed by atoms with Crippen LogP contribution in [0.4, 0.5) is 0 Å². The van der Waals surface area contributed by atoms with Crippen LogP contribution in [-0.2, 0) is 22.5 Å². The van der Waals surface area contributed by atoms with E-state index in [1.54, 1.807) is 6.20 Å². The summed E-state index contributed by atoms with van der Waals surface area (Å²) in [5.74, 6) is 0.210. The lowest BCUT2D eigenvalue weighted by Crippen LogP contribution is -2.44. The van der Waals surface area contributed by atoms with Crippen LogP contribution in [0, 0.1) is 11.3 Å². The Morgan fingerprint density at radius 2 is 2.19 bits per heavy atom. The number of amides is 1. The first-order chi connectivity index (χ1) is 13.3. The van der Waals surface area contributed by atoms with Crippen molar-refractivity contribution in [3.05, 3.63) is 54.1 Å². The zero-order valence-electron chi connectivity index (χ0n) is 15.7. The molecule has 2 aromatic rings. The van der Waals surface area contributed by atoms with E-state index in [1.165, 1.54) is 5.69 Å². The number of ether oxygens (including phenoxy) is 1. The quantitative estimate of drug-likeness (QED) is 0.818. The molecule has 4 rings (SSSR count). The number of nitrogens with one attached hydrogen (secondary N) is 2. The lowest BCUT2D eigenvalue weighted by Gasteiger charge is -2.37. The zero-order chi connectivity index (χ0) is 18.5. The third kappa shape index (κ3) is 4.22. The van der Waals surface area contributed by atoms with E-state index in [9.17, 15) is 4.79 Å². The minimum absolute atomic E-state index is 0.0279. The number of rotatable bonds is 6. The van der Waals surface area contributed by atoms with Crippen molar-refractivity contribution in [1.82, 2.24) is 20.2 Å². The van der Waals surface area contributed by atoms with Crippen LogP contribution in [0.5, 0.6) is 0 Å². The summed E-state index contributed by atoms with van der Waals surface area (Å²) >= 11 is 0. The molecule has 2 aromatic heterocycles. The first-order valence-electron chi connectivity index (χ1n) is 9.85. The highest BCUT2D eigenvalue weighted by Crippen LogP contribution is 2.44. The van der Waals surface area contributed by atoms with Gasteiger partial charge in [-0.25, -0.2) is 0 Å². The fourth-order valence-electron chi connectivity index (χ4n) is 4.53. The van der Waals surface area contributed by atoms with Gasteiger partial charge >= 0.3 is 0 Å². The topological polar surface area (TPSA) is 70.2 Å². The minimum Gasteiger partial charge on any atom is -0.381 e. The Kier molecular flexibility index (Phi) is 5.55. The van der Waals surface area contributed by atoms with Crippen molar-refractivity contribution in [2.75, 3.05) is 32.8 Å². The minimum atomic E-state index is 0.0279. The van der Waals surface area contributed by atoms with E-state index in [0.29, 0.717) is 6.54 Å². The number of hydrogen-bond donors (Lipinski definition) is 2. The Morgan fingerprint density at radius 3 is 2.93 bits per heavy atom. The van der Waals surface area contributed by atoms with Crippen molar-refractivity contribution in [1.29, 1.82) is 0 Å². The number of H-pyrrole nitrogens is 1. The molecular weight excluding hydrogens is 340 g/mol. The van der Waals surface area contributed by atoms with E-state index in [0.717, 1.165) is 57.8 Å². The van der Waals surface area contributed by atoms with Crippen molar-refractivity contribution in [3.63, 3.8) is 0 Å². The molecule has 0 saturated carbocycles. The first-order valence-corrected chi connectivity index (χ1v) is 9.85. The Bertz CT molecular complexity index is 726. The average molecular weight is 368 g/mol. The molecule has 1 amide bonds. The molecule has 1 unspecified atom stereocenters. The van der Waals surface area contributed by atoms with E-state index >= 15 is 0 Å². The molecule has 27 heavy (non-hydrogen) atoms. The second kappa shape index (κ2) is 8.23. The third-order valence-electron chi connectivity index (χ3n) is 5.99. The van der Waals surface area contributed by atoms with Gasteiger partial charge in [0.2, 0.25) is 5.91 Å². The SMILES string of the molecule is O=C(NCCc1ccccn1)C1CN(Cc2ccc[nH]2)CC12CCOCC2. The number of aromatic amines is 1. The summed E-state index contributed by atoms with van der Waals surface area (Å²) in [4.78, 5) is 23.1. The van der Waals surface area contributed by atoms with E-state index < -0.39 is 0 Å². The Labute approximate surface area is 160 Å². The maximum atomic E-state index is 13.1. The van der Waals surface area contributed by atoms with Crippen LogP contribution in [0.3, 0.4) is 0 Å². The molecule has 2 N–H and O–H groups in total. The molecule has 6 nitrogen and oxygen atoms in total. The van der Waals surface area contributed by atoms with Crippen LogP contribution < -0.4 is 5.32 Å². The summed E-state index contributed by atoms with van der Waals surface area (Å²) in [6.07, 6.45) is 6.45. The standard InChI is InChI=1S/C21H28N4O2/c26-20(24-11-6-17-4-1-2-9-22-17)19-15-25(14-18-5-3-10-23-18)16-21(19)7-12-27-13-8-21/h1-5,9-10,19,23H,6-8,11-16H2,(H,24,26). The molecule has 144 valence electrons. The van der Waals surface area contributed by atoms with Gasteiger partial charge in [-0.3, -0.25) is 14.7 Å². The van der Waals surface area contributed by atoms with Gasteiger partial charge in [-0.15, -0.1) is 0 Å². The summed E-state index contributed by atoms with van der Waals surface area (Å²) in [7, 11) is 0. The molecule has 2 fully saturated rings. The summed E-state index contributed by atoms with van der Waals surface area (Å²) in [6, 6.07) is 10.0. The Hall–Kier alpha value is -2.18. The summed E-state index contributed by atoms with van der Waals surface area (Å²) in [5.41, 5.74) is 2.26. The van der Waals surface area contributed by atoms with Gasteiger partial charge in [0.1, 0.15) is 0 Å². The maximum absolute atomic E-state index is 13.1. The van der Waals surface area contributed by atoms with Crippen LogP contribution in [0.25, 0.3) is 0 Å². The predicted molar refractivity (Wildman–Crippen MR) is 103 cm³/mol. The van der Waals surface area contributed by atoms with Gasteiger partial charge in [-0.1, -0.05) is 6.07 Å². The Morgan fingerprint density at radius 1 is 1.30 bits per heavy atom. The van der Waals surface area contributed by atoms with E-state index in [-0.39, 0.29) is 17.2 Å². The number of nitrogens with zero attached hydrogens (tertiary/aromatic N) is 2. The molecule has 1 spiro atoms. The lowest BCUT2D eigenvalue weighted by atomic mass is 9.71. The van der Waals surface area contributed by atoms with Crippen molar-refractivity contribution >= 4 is 5.91 Å². The molecule has 0 radical (unpaired) electrons. The van der Waals surface area contributed by atoms with Gasteiger partial charge < -0.3 is 15.0 Å². The zero-order valence-corrected chi connectivity index (χ0v) is 15.7.